The first-order chi connectivity index (χ1) is 16.4. The van der Waals surface area contributed by atoms with Crippen LogP contribution in [0.15, 0.2) is 48.5 Å². The van der Waals surface area contributed by atoms with Crippen LogP contribution < -0.4 is 14.9 Å². The summed E-state index contributed by atoms with van der Waals surface area (Å²) in [5, 5.41) is 5.94. The molecule has 188 valence electrons. The van der Waals surface area contributed by atoms with Gasteiger partial charge in [-0.25, -0.2) is 21.1 Å². The highest BCUT2D eigenvalue weighted by Crippen LogP contribution is 2.30. The molecule has 2 aromatic rings. The van der Waals surface area contributed by atoms with Gasteiger partial charge in [0.2, 0.25) is 31.9 Å². The predicted octanol–water partition coefficient (Wildman–Crippen LogP) is 1.96. The number of carbonyl (C=O) groups excluding carboxylic acids is 2. The van der Waals surface area contributed by atoms with Gasteiger partial charge >= 0.3 is 0 Å². The van der Waals surface area contributed by atoms with Crippen LogP contribution in [0.2, 0.25) is 5.02 Å². The lowest BCUT2D eigenvalue weighted by Gasteiger charge is -2.19. The molecular formula is C22H25ClN4O6S2. The lowest BCUT2D eigenvalue weighted by molar-refractivity contribution is -0.127. The molecule has 2 aliphatic heterocycles. The zero-order valence-electron chi connectivity index (χ0n) is 18.8. The minimum absolute atomic E-state index is 0.101. The number of benzene rings is 2. The van der Waals surface area contributed by atoms with Crippen molar-refractivity contribution in [3.05, 3.63) is 53.6 Å². The summed E-state index contributed by atoms with van der Waals surface area (Å²) >= 11 is 5.88. The lowest BCUT2D eigenvalue weighted by atomic mass is 9.94. The van der Waals surface area contributed by atoms with Crippen molar-refractivity contribution in [2.24, 2.45) is 11.8 Å². The third-order valence-corrected chi connectivity index (χ3v) is 9.42. The summed E-state index contributed by atoms with van der Waals surface area (Å²) in [7, 11) is -6.94. The molecule has 2 saturated heterocycles. The molecule has 0 bridgehead atoms. The number of sulfonamides is 2. The van der Waals surface area contributed by atoms with Crippen LogP contribution in [0.4, 0.5) is 17.1 Å². The smallest absolute Gasteiger partial charge is 0.235 e. The summed E-state index contributed by atoms with van der Waals surface area (Å²) in [5.41, 5.74) is 1.39. The number of carbonyl (C=O) groups is 2. The molecule has 0 saturated carbocycles. The molecule has 0 unspecified atom stereocenters. The van der Waals surface area contributed by atoms with Crippen LogP contribution in [0.25, 0.3) is 0 Å². The summed E-state index contributed by atoms with van der Waals surface area (Å²) in [6.07, 6.45) is 1.59. The Morgan fingerprint density at radius 1 is 0.914 bits per heavy atom. The summed E-state index contributed by atoms with van der Waals surface area (Å²) in [5.74, 6) is -2.71. The normalized spacial score (nSPS) is 22.2. The van der Waals surface area contributed by atoms with Crippen molar-refractivity contribution < 1.29 is 26.4 Å². The standard InChI is InChI=1S/C22H25ClN4O6S2/c1-34(30,31)26-13-19(21(28)24-16-5-3-15(23)4-6-16)20(14-26)22(29)25-17-7-9-18(10-8-17)27-11-2-12-35(27,32)33/h3-10,19-20H,2,11-14H2,1H3,(H,24,28)(H,25,29)/t19-,20-/m0/s1. The number of nitrogens with zero attached hydrogens (tertiary/aromatic N) is 2. The molecule has 2 fully saturated rings. The van der Waals surface area contributed by atoms with E-state index in [-0.39, 0.29) is 18.8 Å². The van der Waals surface area contributed by atoms with Gasteiger partial charge in [0, 0.05) is 36.0 Å². The molecule has 2 heterocycles. The Labute approximate surface area is 209 Å². The molecule has 2 N–H and O–H groups in total. The van der Waals surface area contributed by atoms with Crippen LogP contribution in [0.3, 0.4) is 0 Å². The molecular weight excluding hydrogens is 516 g/mol. The number of anilines is 3. The average molecular weight is 541 g/mol. The van der Waals surface area contributed by atoms with Gasteiger partial charge in [0.25, 0.3) is 0 Å². The largest absolute Gasteiger partial charge is 0.326 e. The second-order valence-corrected chi connectivity index (χ2v) is 13.0. The molecule has 35 heavy (non-hydrogen) atoms. The molecule has 0 spiro atoms. The molecule has 4 rings (SSSR count). The lowest BCUT2D eigenvalue weighted by Crippen LogP contribution is -2.35. The van der Waals surface area contributed by atoms with E-state index in [2.05, 4.69) is 10.6 Å². The predicted molar refractivity (Wildman–Crippen MR) is 134 cm³/mol. The second kappa shape index (κ2) is 9.76. The van der Waals surface area contributed by atoms with E-state index in [0.717, 1.165) is 10.6 Å². The van der Waals surface area contributed by atoms with Crippen molar-refractivity contribution in [3.63, 3.8) is 0 Å². The zero-order chi connectivity index (χ0) is 25.4. The zero-order valence-corrected chi connectivity index (χ0v) is 21.2. The topological polar surface area (TPSA) is 133 Å². The van der Waals surface area contributed by atoms with Crippen molar-refractivity contribution in [2.75, 3.05) is 46.6 Å². The van der Waals surface area contributed by atoms with Gasteiger partial charge in [-0.2, -0.15) is 0 Å². The quantitative estimate of drug-likeness (QED) is 0.575. The van der Waals surface area contributed by atoms with Crippen LogP contribution in [-0.4, -0.2) is 64.6 Å². The number of rotatable bonds is 6. The number of hydrogen-bond acceptors (Lipinski definition) is 6. The molecule has 2 aliphatic rings. The van der Waals surface area contributed by atoms with Crippen LogP contribution >= 0.6 is 11.6 Å². The highest BCUT2D eigenvalue weighted by molar-refractivity contribution is 7.93. The van der Waals surface area contributed by atoms with Gasteiger partial charge in [-0.05, 0) is 55.0 Å². The number of halogens is 1. The second-order valence-electron chi connectivity index (χ2n) is 8.57. The Balaban J connectivity index is 1.49. The van der Waals surface area contributed by atoms with Crippen molar-refractivity contribution in [1.82, 2.24) is 4.31 Å². The van der Waals surface area contributed by atoms with Crippen molar-refractivity contribution in [2.45, 2.75) is 6.42 Å². The van der Waals surface area contributed by atoms with Crippen LogP contribution in [-0.2, 0) is 29.6 Å². The van der Waals surface area contributed by atoms with E-state index in [1.165, 1.54) is 4.31 Å². The van der Waals surface area contributed by atoms with E-state index in [1.54, 1.807) is 48.5 Å². The average Bonchev–Trinajstić information content (AvgIpc) is 3.39. The SMILES string of the molecule is CS(=O)(=O)N1C[C@H](C(=O)Nc2ccc(Cl)cc2)[C@@H](C(=O)Nc2ccc(N3CCCS3(=O)=O)cc2)C1. The van der Waals surface area contributed by atoms with Gasteiger partial charge in [-0.3, -0.25) is 13.9 Å². The number of hydrogen-bond donors (Lipinski definition) is 2. The van der Waals surface area contributed by atoms with Crippen LogP contribution in [0, 0.1) is 11.8 Å². The highest BCUT2D eigenvalue weighted by atomic mass is 35.5. The van der Waals surface area contributed by atoms with Gasteiger partial charge in [0.1, 0.15) is 0 Å². The minimum atomic E-state index is -3.62. The summed E-state index contributed by atoms with van der Waals surface area (Å²) in [6.45, 7) is 0.150. The van der Waals surface area contributed by atoms with E-state index in [9.17, 15) is 26.4 Å². The maximum atomic E-state index is 13.1. The van der Waals surface area contributed by atoms with Crippen LogP contribution in [0.1, 0.15) is 6.42 Å². The molecule has 2 amide bonds. The summed E-state index contributed by atoms with van der Waals surface area (Å²) in [6, 6.07) is 12.8. The first-order valence-corrected chi connectivity index (χ1v) is 14.7. The fourth-order valence-electron chi connectivity index (χ4n) is 4.21. The summed E-state index contributed by atoms with van der Waals surface area (Å²) in [4.78, 5) is 26.1. The highest BCUT2D eigenvalue weighted by Gasteiger charge is 2.44. The number of nitrogens with one attached hydrogen (secondary N) is 2. The first-order valence-electron chi connectivity index (χ1n) is 10.9. The van der Waals surface area contributed by atoms with Gasteiger partial charge in [0.05, 0.1) is 29.5 Å². The fraction of sp³-hybridized carbons (Fsp3) is 0.364. The maximum absolute atomic E-state index is 13.1. The van der Waals surface area contributed by atoms with Crippen molar-refractivity contribution in [3.8, 4) is 0 Å². The molecule has 2 atom stereocenters. The van der Waals surface area contributed by atoms with E-state index < -0.39 is 43.7 Å². The summed E-state index contributed by atoms with van der Waals surface area (Å²) < 4.78 is 50.9. The van der Waals surface area contributed by atoms with Gasteiger partial charge in [-0.15, -0.1) is 0 Å². The molecule has 13 heteroatoms. The van der Waals surface area contributed by atoms with Gasteiger partial charge in [0.15, 0.2) is 0 Å². The Kier molecular flexibility index (Phi) is 7.09. The first kappa shape index (κ1) is 25.4. The van der Waals surface area contributed by atoms with Crippen LogP contribution in [0.5, 0.6) is 0 Å². The number of amides is 2. The van der Waals surface area contributed by atoms with Gasteiger partial charge in [-0.1, -0.05) is 11.6 Å². The third kappa shape index (κ3) is 5.77. The van der Waals surface area contributed by atoms with E-state index in [4.69, 9.17) is 11.6 Å². The molecule has 10 nitrogen and oxygen atoms in total. The Morgan fingerprint density at radius 3 is 1.83 bits per heavy atom. The Morgan fingerprint density at radius 2 is 1.40 bits per heavy atom. The van der Waals surface area contributed by atoms with Gasteiger partial charge < -0.3 is 10.6 Å². The van der Waals surface area contributed by atoms with E-state index in [1.807, 2.05) is 0 Å². The minimum Gasteiger partial charge on any atom is -0.326 e. The maximum Gasteiger partial charge on any atom is 0.235 e. The fourth-order valence-corrected chi connectivity index (χ4v) is 6.77. The molecule has 0 aromatic heterocycles. The third-order valence-electron chi connectivity index (χ3n) is 6.06. The van der Waals surface area contributed by atoms with Crippen molar-refractivity contribution >= 4 is 60.5 Å². The van der Waals surface area contributed by atoms with Crippen molar-refractivity contribution in [1.29, 1.82) is 0 Å². The molecule has 2 aromatic carbocycles. The van der Waals surface area contributed by atoms with E-state index >= 15 is 0 Å². The Hall–Kier alpha value is -2.67. The van der Waals surface area contributed by atoms with E-state index in [0.29, 0.717) is 35.1 Å². The molecule has 0 radical (unpaired) electrons. The monoisotopic (exact) mass is 540 g/mol. The Bertz CT molecular complexity index is 1330. The molecule has 0 aliphatic carbocycles.